The summed E-state index contributed by atoms with van der Waals surface area (Å²) in [6.07, 6.45) is 3.42. The maximum absolute atomic E-state index is 14.5. The van der Waals surface area contributed by atoms with E-state index in [0.717, 1.165) is 32.0 Å². The summed E-state index contributed by atoms with van der Waals surface area (Å²) in [6.45, 7) is 3.81. The molecule has 1 fully saturated rings. The Balaban J connectivity index is 0.00000102. The largest absolute Gasteiger partial charge is 0.356 e. The van der Waals surface area contributed by atoms with Gasteiger partial charge in [-0.2, -0.15) is 19.6 Å². The number of piperidine rings is 1. The second kappa shape index (κ2) is 8.12. The molecule has 0 radical (unpaired) electrons. The Morgan fingerprint density at radius 1 is 1.15 bits per heavy atom. The molecule has 9 heteroatoms. The van der Waals surface area contributed by atoms with Crippen LogP contribution in [0.2, 0.25) is 5.15 Å². The molecular formula is C18H19ClF3N5. The monoisotopic (exact) mass is 397 g/mol. The third-order valence-electron chi connectivity index (χ3n) is 4.64. The van der Waals surface area contributed by atoms with Crippen molar-refractivity contribution in [2.45, 2.75) is 19.8 Å². The molecule has 1 saturated heterocycles. The van der Waals surface area contributed by atoms with Crippen molar-refractivity contribution in [1.29, 1.82) is 0 Å². The normalized spacial score (nSPS) is 15.0. The predicted octanol–water partition coefficient (Wildman–Crippen LogP) is 4.54. The van der Waals surface area contributed by atoms with Crippen molar-refractivity contribution in [3.63, 3.8) is 0 Å². The van der Waals surface area contributed by atoms with Gasteiger partial charge < -0.3 is 4.90 Å². The number of alkyl halides is 1. The van der Waals surface area contributed by atoms with Gasteiger partial charge in [0.2, 0.25) is 0 Å². The van der Waals surface area contributed by atoms with E-state index in [0.29, 0.717) is 30.3 Å². The third-order valence-corrected chi connectivity index (χ3v) is 4.92. The van der Waals surface area contributed by atoms with Gasteiger partial charge in [-0.05, 0) is 30.9 Å². The first-order chi connectivity index (χ1) is 13.0. The molecule has 5 nitrogen and oxygen atoms in total. The van der Waals surface area contributed by atoms with Crippen molar-refractivity contribution in [3.05, 3.63) is 41.3 Å². The van der Waals surface area contributed by atoms with E-state index >= 15 is 0 Å². The van der Waals surface area contributed by atoms with E-state index in [4.69, 9.17) is 11.6 Å². The summed E-state index contributed by atoms with van der Waals surface area (Å²) in [7, 11) is 0.500. The van der Waals surface area contributed by atoms with E-state index in [9.17, 15) is 13.2 Å². The molecule has 0 saturated carbocycles. The lowest BCUT2D eigenvalue weighted by Gasteiger charge is -2.33. The SMILES string of the molecule is CC1CCN(c2c(-c3ccc(F)cc3F)c(Cl)nc3ncnn23)CC1.CF. The van der Waals surface area contributed by atoms with Crippen molar-refractivity contribution >= 4 is 23.2 Å². The molecule has 0 unspecified atom stereocenters. The van der Waals surface area contributed by atoms with E-state index in [1.807, 2.05) is 0 Å². The maximum atomic E-state index is 14.5. The zero-order chi connectivity index (χ0) is 19.6. The summed E-state index contributed by atoms with van der Waals surface area (Å²) in [6, 6.07) is 3.44. The molecule has 2 aromatic heterocycles. The van der Waals surface area contributed by atoms with Crippen LogP contribution in [0, 0.1) is 17.6 Å². The van der Waals surface area contributed by atoms with Gasteiger partial charge in [0, 0.05) is 24.7 Å². The Hall–Kier alpha value is -2.35. The van der Waals surface area contributed by atoms with Gasteiger partial charge in [0.25, 0.3) is 5.78 Å². The van der Waals surface area contributed by atoms with Crippen LogP contribution < -0.4 is 4.90 Å². The number of hydrogen-bond donors (Lipinski definition) is 0. The number of halogens is 4. The van der Waals surface area contributed by atoms with Crippen molar-refractivity contribution in [2.75, 3.05) is 25.2 Å². The fourth-order valence-corrected chi connectivity index (χ4v) is 3.50. The van der Waals surface area contributed by atoms with E-state index in [1.165, 1.54) is 18.5 Å². The first-order valence-corrected chi connectivity index (χ1v) is 8.90. The van der Waals surface area contributed by atoms with Crippen molar-refractivity contribution in [2.24, 2.45) is 5.92 Å². The van der Waals surface area contributed by atoms with Crippen LogP contribution in [0.5, 0.6) is 0 Å². The lowest BCUT2D eigenvalue weighted by Crippen LogP contribution is -2.35. The lowest BCUT2D eigenvalue weighted by atomic mass is 9.98. The number of anilines is 1. The first-order valence-electron chi connectivity index (χ1n) is 8.52. The first kappa shape index (κ1) is 19.4. The van der Waals surface area contributed by atoms with Crippen LogP contribution in [-0.2, 0) is 0 Å². The van der Waals surface area contributed by atoms with Crippen molar-refractivity contribution in [3.8, 4) is 11.1 Å². The van der Waals surface area contributed by atoms with Crippen molar-refractivity contribution < 1.29 is 13.2 Å². The minimum absolute atomic E-state index is 0.125. The molecule has 0 atom stereocenters. The molecule has 0 N–H and O–H groups in total. The molecule has 0 amide bonds. The molecule has 0 spiro atoms. The highest BCUT2D eigenvalue weighted by Gasteiger charge is 2.26. The highest BCUT2D eigenvalue weighted by Crippen LogP contribution is 2.39. The van der Waals surface area contributed by atoms with E-state index in [1.54, 1.807) is 4.52 Å². The predicted molar refractivity (Wildman–Crippen MR) is 98.8 cm³/mol. The quantitative estimate of drug-likeness (QED) is 0.595. The zero-order valence-electron chi connectivity index (χ0n) is 15.0. The van der Waals surface area contributed by atoms with Gasteiger partial charge in [-0.1, -0.05) is 18.5 Å². The molecule has 4 rings (SSSR count). The van der Waals surface area contributed by atoms with Gasteiger partial charge in [0.1, 0.15) is 28.9 Å². The van der Waals surface area contributed by atoms with Crippen LogP contribution in [0.1, 0.15) is 19.8 Å². The average molecular weight is 398 g/mol. The van der Waals surface area contributed by atoms with Crippen LogP contribution in [0.25, 0.3) is 16.9 Å². The van der Waals surface area contributed by atoms with Crippen molar-refractivity contribution in [1.82, 2.24) is 19.6 Å². The molecule has 27 heavy (non-hydrogen) atoms. The summed E-state index contributed by atoms with van der Waals surface area (Å²) >= 11 is 6.38. The summed E-state index contributed by atoms with van der Waals surface area (Å²) in [5, 5.41) is 4.36. The van der Waals surface area contributed by atoms with E-state index in [2.05, 4.69) is 26.9 Å². The highest BCUT2D eigenvalue weighted by molar-refractivity contribution is 6.33. The van der Waals surface area contributed by atoms with E-state index < -0.39 is 11.6 Å². The smallest absolute Gasteiger partial charge is 0.255 e. The summed E-state index contributed by atoms with van der Waals surface area (Å²) in [5.41, 5.74) is 0.608. The Kier molecular flexibility index (Phi) is 5.84. The number of fused-ring (bicyclic) bond motifs is 1. The minimum atomic E-state index is -0.685. The second-order valence-electron chi connectivity index (χ2n) is 6.37. The number of hydrogen-bond acceptors (Lipinski definition) is 4. The van der Waals surface area contributed by atoms with Gasteiger partial charge >= 0.3 is 0 Å². The second-order valence-corrected chi connectivity index (χ2v) is 6.72. The minimum Gasteiger partial charge on any atom is -0.356 e. The topological polar surface area (TPSA) is 46.3 Å². The van der Waals surface area contributed by atoms with Gasteiger partial charge in [-0.25, -0.2) is 8.78 Å². The van der Waals surface area contributed by atoms with Gasteiger partial charge in [-0.15, -0.1) is 0 Å². The fourth-order valence-electron chi connectivity index (χ4n) is 3.24. The highest BCUT2D eigenvalue weighted by atomic mass is 35.5. The third kappa shape index (κ3) is 3.71. The van der Waals surface area contributed by atoms with Crippen LogP contribution in [0.15, 0.2) is 24.5 Å². The zero-order valence-corrected chi connectivity index (χ0v) is 15.7. The Bertz CT molecular complexity index is 938. The molecule has 144 valence electrons. The van der Waals surface area contributed by atoms with Crippen LogP contribution in [0.3, 0.4) is 0 Å². The lowest BCUT2D eigenvalue weighted by molar-refractivity contribution is 0.435. The van der Waals surface area contributed by atoms with Gasteiger partial charge in [-0.3, -0.25) is 4.39 Å². The molecule has 0 bridgehead atoms. The van der Waals surface area contributed by atoms with Crippen LogP contribution in [-0.4, -0.2) is 39.8 Å². The number of benzene rings is 1. The number of rotatable bonds is 2. The van der Waals surface area contributed by atoms with E-state index in [-0.39, 0.29) is 10.7 Å². The number of aromatic nitrogens is 4. The molecule has 1 aromatic carbocycles. The number of nitrogens with zero attached hydrogens (tertiary/aromatic N) is 5. The molecular weight excluding hydrogens is 379 g/mol. The summed E-state index contributed by atoms with van der Waals surface area (Å²) < 4.78 is 38.9. The Labute approximate surface area is 159 Å². The molecule has 0 aliphatic carbocycles. The summed E-state index contributed by atoms with van der Waals surface area (Å²) in [5.74, 6) is 0.302. The Morgan fingerprint density at radius 3 is 2.52 bits per heavy atom. The van der Waals surface area contributed by atoms with Crippen LogP contribution >= 0.6 is 11.6 Å². The summed E-state index contributed by atoms with van der Waals surface area (Å²) in [4.78, 5) is 10.4. The van der Waals surface area contributed by atoms with Gasteiger partial charge in [0.15, 0.2) is 0 Å². The molecule has 1 aliphatic rings. The average Bonchev–Trinajstić information content (AvgIpc) is 3.12. The maximum Gasteiger partial charge on any atom is 0.255 e. The molecule has 3 aromatic rings. The fraction of sp³-hybridized carbons (Fsp3) is 0.389. The standard InChI is InChI=1S/C17H16ClF2N5.CH3F/c1-10-4-6-24(7-5-10)16-14(12-3-2-11(19)8-13(12)20)15(18)23-17-21-9-22-25(16)17;1-2/h2-3,8-10H,4-7H2,1H3;1H3. The van der Waals surface area contributed by atoms with Gasteiger partial charge in [0.05, 0.1) is 12.7 Å². The molecule has 1 aliphatic heterocycles. The molecule has 3 heterocycles. The Morgan fingerprint density at radius 2 is 1.85 bits per heavy atom. The van der Waals surface area contributed by atoms with Crippen LogP contribution in [0.4, 0.5) is 19.0 Å².